The molecule has 1 aromatic carbocycles. The van der Waals surface area contributed by atoms with E-state index >= 15 is 0 Å². The van der Waals surface area contributed by atoms with Crippen LogP contribution in [-0.4, -0.2) is 23.0 Å². The summed E-state index contributed by atoms with van der Waals surface area (Å²) in [5.74, 6) is -1.46. The van der Waals surface area contributed by atoms with Crippen molar-refractivity contribution in [2.24, 2.45) is 5.41 Å². The first-order chi connectivity index (χ1) is 8.91. The molecule has 19 heavy (non-hydrogen) atoms. The van der Waals surface area contributed by atoms with Gasteiger partial charge in [0.05, 0.1) is 0 Å². The van der Waals surface area contributed by atoms with Gasteiger partial charge in [0.25, 0.3) is 0 Å². The highest BCUT2D eigenvalue weighted by molar-refractivity contribution is 6.02. The Labute approximate surface area is 112 Å². The number of amides is 1. The largest absolute Gasteiger partial charge is 0.480 e. The highest BCUT2D eigenvalue weighted by Gasteiger charge is 2.43. The fraction of sp³-hybridized carbons (Fsp3) is 0.467. The average Bonchev–Trinajstić information content (AvgIpc) is 3.12. The number of carbonyl (C=O) groups is 2. The maximum absolute atomic E-state index is 12.2. The van der Waals surface area contributed by atoms with Gasteiger partial charge in [-0.2, -0.15) is 0 Å². The number of aliphatic carboxylic acids is 1. The topological polar surface area (TPSA) is 66.4 Å². The van der Waals surface area contributed by atoms with Crippen LogP contribution in [0.25, 0.3) is 0 Å². The molecule has 1 amide bonds. The minimum absolute atomic E-state index is 0.170. The lowest BCUT2D eigenvalue weighted by atomic mass is 9.82. The Balaban J connectivity index is 2.18. The molecular weight excluding hydrogens is 242 g/mol. The van der Waals surface area contributed by atoms with E-state index in [0.29, 0.717) is 0 Å². The summed E-state index contributed by atoms with van der Waals surface area (Å²) in [5, 5.41) is 12.2. The van der Waals surface area contributed by atoms with Gasteiger partial charge in [-0.1, -0.05) is 29.8 Å². The van der Waals surface area contributed by atoms with Gasteiger partial charge < -0.3 is 10.4 Å². The summed E-state index contributed by atoms with van der Waals surface area (Å²) < 4.78 is 0. The molecular formula is C15H19NO3. The summed E-state index contributed by atoms with van der Waals surface area (Å²) in [5.41, 5.74) is 0.528. The van der Waals surface area contributed by atoms with Gasteiger partial charge in [0, 0.05) is 6.04 Å². The minimum Gasteiger partial charge on any atom is -0.480 e. The number of hydrogen-bond donors (Lipinski definition) is 2. The molecule has 0 heterocycles. The zero-order valence-corrected chi connectivity index (χ0v) is 11.3. The van der Waals surface area contributed by atoms with E-state index < -0.39 is 11.4 Å². The van der Waals surface area contributed by atoms with Crippen molar-refractivity contribution in [2.45, 2.75) is 39.2 Å². The van der Waals surface area contributed by atoms with E-state index in [9.17, 15) is 14.7 Å². The Morgan fingerprint density at radius 3 is 2.63 bits per heavy atom. The molecule has 2 N–H and O–H groups in total. The minimum atomic E-state index is -1.41. The van der Waals surface area contributed by atoms with Gasteiger partial charge in [0.15, 0.2) is 0 Å². The van der Waals surface area contributed by atoms with Gasteiger partial charge in [0.2, 0.25) is 5.91 Å². The highest BCUT2D eigenvalue weighted by atomic mass is 16.4. The van der Waals surface area contributed by atoms with Crippen molar-refractivity contribution in [3.63, 3.8) is 0 Å². The molecule has 4 nitrogen and oxygen atoms in total. The van der Waals surface area contributed by atoms with Gasteiger partial charge in [0.1, 0.15) is 5.41 Å². The maximum Gasteiger partial charge on any atom is 0.319 e. The predicted octanol–water partition coefficient (Wildman–Crippen LogP) is 1.91. The third-order valence-electron chi connectivity index (χ3n) is 3.53. The predicted molar refractivity (Wildman–Crippen MR) is 71.8 cm³/mol. The van der Waals surface area contributed by atoms with Crippen molar-refractivity contribution < 1.29 is 14.7 Å². The zero-order valence-electron chi connectivity index (χ0n) is 11.3. The van der Waals surface area contributed by atoms with E-state index in [1.807, 2.05) is 31.2 Å². The standard InChI is InChI=1S/C15H19NO3/c1-10-4-3-5-11(8-10)9-15(2,14(18)19)13(17)16-12-6-7-12/h3-5,8,12H,6-7,9H2,1-2H3,(H,16,17)(H,18,19). The first kappa shape index (κ1) is 13.6. The quantitative estimate of drug-likeness (QED) is 0.796. The number of benzene rings is 1. The maximum atomic E-state index is 12.2. The summed E-state index contributed by atoms with van der Waals surface area (Å²) >= 11 is 0. The van der Waals surface area contributed by atoms with E-state index in [0.717, 1.165) is 24.0 Å². The molecule has 0 aromatic heterocycles. The van der Waals surface area contributed by atoms with Crippen LogP contribution < -0.4 is 5.32 Å². The molecule has 1 atom stereocenters. The molecule has 1 aliphatic carbocycles. The van der Waals surface area contributed by atoms with Crippen LogP contribution in [0.2, 0.25) is 0 Å². The lowest BCUT2D eigenvalue weighted by molar-refractivity contribution is -0.154. The monoisotopic (exact) mass is 261 g/mol. The SMILES string of the molecule is Cc1cccc(CC(C)(C(=O)O)C(=O)NC2CC2)c1. The van der Waals surface area contributed by atoms with Crippen molar-refractivity contribution in [2.75, 3.05) is 0 Å². The number of carboxylic acids is 1. The molecule has 0 aliphatic heterocycles. The highest BCUT2D eigenvalue weighted by Crippen LogP contribution is 2.27. The molecule has 1 aromatic rings. The number of rotatable bonds is 5. The Morgan fingerprint density at radius 1 is 1.42 bits per heavy atom. The van der Waals surface area contributed by atoms with Crippen LogP contribution in [0.3, 0.4) is 0 Å². The molecule has 0 saturated heterocycles. The van der Waals surface area contributed by atoms with Gasteiger partial charge in [-0.15, -0.1) is 0 Å². The smallest absolute Gasteiger partial charge is 0.319 e. The van der Waals surface area contributed by atoms with Crippen LogP contribution in [-0.2, 0) is 16.0 Å². The Morgan fingerprint density at radius 2 is 2.11 bits per heavy atom. The second kappa shape index (κ2) is 5.03. The first-order valence-electron chi connectivity index (χ1n) is 6.52. The lowest BCUT2D eigenvalue weighted by Gasteiger charge is -2.24. The van der Waals surface area contributed by atoms with Crippen molar-refractivity contribution in [3.8, 4) is 0 Å². The molecule has 0 radical (unpaired) electrons. The number of hydrogen-bond acceptors (Lipinski definition) is 2. The van der Waals surface area contributed by atoms with Crippen LogP contribution >= 0.6 is 0 Å². The lowest BCUT2D eigenvalue weighted by Crippen LogP contribution is -2.46. The molecule has 1 unspecified atom stereocenters. The van der Waals surface area contributed by atoms with Crippen LogP contribution in [0.5, 0.6) is 0 Å². The number of carbonyl (C=O) groups excluding carboxylic acids is 1. The third kappa shape index (κ3) is 3.13. The summed E-state index contributed by atoms with van der Waals surface area (Å²) in [7, 11) is 0. The second-order valence-corrected chi connectivity index (χ2v) is 5.55. The number of carboxylic acid groups (broad SMARTS) is 1. The van der Waals surface area contributed by atoms with Crippen LogP contribution in [0, 0.1) is 12.3 Å². The fourth-order valence-electron chi connectivity index (χ4n) is 2.06. The summed E-state index contributed by atoms with van der Waals surface area (Å²) in [6.45, 7) is 3.45. The van der Waals surface area contributed by atoms with Crippen molar-refractivity contribution in [1.29, 1.82) is 0 Å². The molecule has 1 fully saturated rings. The number of aryl methyl sites for hydroxylation is 1. The molecule has 1 saturated carbocycles. The van der Waals surface area contributed by atoms with Crippen LogP contribution in [0.15, 0.2) is 24.3 Å². The van der Waals surface area contributed by atoms with E-state index in [4.69, 9.17) is 0 Å². The summed E-state index contributed by atoms with van der Waals surface area (Å²) in [6.07, 6.45) is 2.11. The van der Waals surface area contributed by atoms with E-state index in [1.165, 1.54) is 6.92 Å². The second-order valence-electron chi connectivity index (χ2n) is 5.55. The third-order valence-corrected chi connectivity index (χ3v) is 3.53. The normalized spacial score (nSPS) is 17.6. The van der Waals surface area contributed by atoms with Gasteiger partial charge >= 0.3 is 5.97 Å². The van der Waals surface area contributed by atoms with Gasteiger partial charge in [-0.3, -0.25) is 9.59 Å². The summed E-state index contributed by atoms with van der Waals surface area (Å²) in [6, 6.07) is 7.78. The summed E-state index contributed by atoms with van der Waals surface area (Å²) in [4.78, 5) is 23.6. The molecule has 0 spiro atoms. The van der Waals surface area contributed by atoms with Gasteiger partial charge in [-0.25, -0.2) is 0 Å². The van der Waals surface area contributed by atoms with Crippen molar-refractivity contribution in [1.82, 2.24) is 5.32 Å². The zero-order chi connectivity index (χ0) is 14.0. The van der Waals surface area contributed by atoms with Crippen molar-refractivity contribution in [3.05, 3.63) is 35.4 Å². The van der Waals surface area contributed by atoms with E-state index in [2.05, 4.69) is 5.32 Å². The van der Waals surface area contributed by atoms with Crippen LogP contribution in [0.1, 0.15) is 30.9 Å². The Bertz CT molecular complexity index is 508. The van der Waals surface area contributed by atoms with Crippen molar-refractivity contribution >= 4 is 11.9 Å². The Kier molecular flexibility index (Phi) is 3.60. The van der Waals surface area contributed by atoms with Gasteiger partial charge in [-0.05, 0) is 38.7 Å². The Hall–Kier alpha value is -1.84. The first-order valence-corrected chi connectivity index (χ1v) is 6.52. The van der Waals surface area contributed by atoms with E-state index in [-0.39, 0.29) is 18.4 Å². The fourth-order valence-corrected chi connectivity index (χ4v) is 2.06. The number of nitrogens with one attached hydrogen (secondary N) is 1. The molecule has 4 heteroatoms. The average molecular weight is 261 g/mol. The molecule has 2 rings (SSSR count). The van der Waals surface area contributed by atoms with E-state index in [1.54, 1.807) is 0 Å². The molecule has 0 bridgehead atoms. The molecule has 1 aliphatic rings. The molecule has 102 valence electrons. The van der Waals surface area contributed by atoms with Crippen LogP contribution in [0.4, 0.5) is 0 Å².